The van der Waals surface area contributed by atoms with E-state index in [1.54, 1.807) is 36.4 Å². The van der Waals surface area contributed by atoms with Gasteiger partial charge in [-0.3, -0.25) is 14.4 Å². The van der Waals surface area contributed by atoms with Gasteiger partial charge in [0.1, 0.15) is 6.04 Å². The van der Waals surface area contributed by atoms with Crippen LogP contribution in [-0.2, 0) is 20.7 Å². The van der Waals surface area contributed by atoms with Crippen LogP contribution in [0.5, 0.6) is 0 Å². The number of likely N-dealkylation sites (tertiary alicyclic amines) is 1. The predicted molar refractivity (Wildman–Crippen MR) is 111 cm³/mol. The van der Waals surface area contributed by atoms with Crippen LogP contribution in [0.3, 0.4) is 0 Å². The highest BCUT2D eigenvalue weighted by Gasteiger charge is 2.35. The summed E-state index contributed by atoms with van der Waals surface area (Å²) in [5.74, 6) is -0.917. The summed E-state index contributed by atoms with van der Waals surface area (Å²) in [6.45, 7) is 0.470. The van der Waals surface area contributed by atoms with Crippen LogP contribution in [-0.4, -0.2) is 42.4 Å². The lowest BCUT2D eigenvalue weighted by atomic mass is 10.1. The Balaban J connectivity index is 1.69. The topological polar surface area (TPSA) is 75.7 Å². The minimum absolute atomic E-state index is 0.163. The molecule has 0 spiro atoms. The maximum absolute atomic E-state index is 12.9. The molecule has 2 amide bonds. The van der Waals surface area contributed by atoms with Crippen LogP contribution in [0, 0.1) is 0 Å². The van der Waals surface area contributed by atoms with Crippen LogP contribution in [0.4, 0.5) is 5.69 Å². The highest BCUT2D eigenvalue weighted by molar-refractivity contribution is 6.35. The van der Waals surface area contributed by atoms with Gasteiger partial charge < -0.3 is 15.0 Å². The average molecular weight is 435 g/mol. The first-order valence-electron chi connectivity index (χ1n) is 9.11. The summed E-state index contributed by atoms with van der Waals surface area (Å²) in [7, 11) is 1.34. The van der Waals surface area contributed by atoms with Crippen molar-refractivity contribution in [3.63, 3.8) is 0 Å². The van der Waals surface area contributed by atoms with Gasteiger partial charge in [0.25, 0.3) is 5.91 Å². The number of amides is 2. The van der Waals surface area contributed by atoms with E-state index in [1.807, 2.05) is 0 Å². The van der Waals surface area contributed by atoms with Crippen LogP contribution < -0.4 is 5.32 Å². The monoisotopic (exact) mass is 434 g/mol. The number of hydrogen-bond acceptors (Lipinski definition) is 4. The molecule has 1 fully saturated rings. The zero-order chi connectivity index (χ0) is 21.0. The van der Waals surface area contributed by atoms with E-state index in [0.29, 0.717) is 28.7 Å². The van der Waals surface area contributed by atoms with E-state index in [1.165, 1.54) is 18.1 Å². The van der Waals surface area contributed by atoms with Gasteiger partial charge in [-0.2, -0.15) is 0 Å². The van der Waals surface area contributed by atoms with Crippen molar-refractivity contribution in [3.8, 4) is 0 Å². The maximum atomic E-state index is 12.9. The van der Waals surface area contributed by atoms with Crippen LogP contribution in [0.2, 0.25) is 10.0 Å². The number of halogens is 2. The zero-order valence-electron chi connectivity index (χ0n) is 15.8. The van der Waals surface area contributed by atoms with E-state index in [0.717, 1.165) is 12.0 Å². The second-order valence-corrected chi connectivity index (χ2v) is 7.56. The fourth-order valence-electron chi connectivity index (χ4n) is 3.27. The molecule has 0 radical (unpaired) electrons. The molecule has 152 valence electrons. The van der Waals surface area contributed by atoms with Crippen molar-refractivity contribution in [2.24, 2.45) is 0 Å². The number of rotatable bonds is 5. The molecular weight excluding hydrogens is 415 g/mol. The van der Waals surface area contributed by atoms with Crippen molar-refractivity contribution < 1.29 is 19.1 Å². The Labute approximate surface area is 178 Å². The fourth-order valence-corrected chi connectivity index (χ4v) is 3.64. The Morgan fingerprint density at radius 1 is 1.14 bits per heavy atom. The molecule has 29 heavy (non-hydrogen) atoms. The SMILES string of the molecule is COC(=O)Cc1ccc(NC(=O)[C@H]2CCCN2C(=O)c2cc(Cl)ccc2Cl)cc1. The summed E-state index contributed by atoms with van der Waals surface area (Å²) in [4.78, 5) is 38.6. The van der Waals surface area contributed by atoms with Crippen LogP contribution in [0.25, 0.3) is 0 Å². The number of carbonyl (C=O) groups excluding carboxylic acids is 3. The van der Waals surface area contributed by atoms with Crippen molar-refractivity contribution in [2.45, 2.75) is 25.3 Å². The van der Waals surface area contributed by atoms with Gasteiger partial charge in [-0.05, 0) is 48.7 Å². The summed E-state index contributed by atoms with van der Waals surface area (Å²) < 4.78 is 4.64. The minimum atomic E-state index is -0.590. The number of nitrogens with zero attached hydrogens (tertiary/aromatic N) is 1. The van der Waals surface area contributed by atoms with Crippen molar-refractivity contribution in [2.75, 3.05) is 19.0 Å². The van der Waals surface area contributed by atoms with E-state index in [-0.39, 0.29) is 29.8 Å². The number of esters is 1. The van der Waals surface area contributed by atoms with Gasteiger partial charge in [0.2, 0.25) is 5.91 Å². The second kappa shape index (κ2) is 9.29. The Morgan fingerprint density at radius 3 is 2.55 bits per heavy atom. The van der Waals surface area contributed by atoms with Gasteiger partial charge in [0.15, 0.2) is 0 Å². The van der Waals surface area contributed by atoms with Crippen LogP contribution >= 0.6 is 23.2 Å². The lowest BCUT2D eigenvalue weighted by molar-refractivity contribution is -0.139. The average Bonchev–Trinajstić information content (AvgIpc) is 3.20. The molecule has 0 bridgehead atoms. The lowest BCUT2D eigenvalue weighted by Crippen LogP contribution is -2.43. The molecule has 1 aliphatic rings. The normalized spacial score (nSPS) is 15.8. The minimum Gasteiger partial charge on any atom is -0.469 e. The van der Waals surface area contributed by atoms with E-state index < -0.39 is 6.04 Å². The molecule has 1 saturated heterocycles. The maximum Gasteiger partial charge on any atom is 0.309 e. The van der Waals surface area contributed by atoms with Crippen molar-refractivity contribution >= 4 is 46.7 Å². The quantitative estimate of drug-likeness (QED) is 0.722. The summed E-state index contributed by atoms with van der Waals surface area (Å²) in [5, 5.41) is 3.54. The largest absolute Gasteiger partial charge is 0.469 e. The molecule has 0 aliphatic carbocycles. The molecule has 0 unspecified atom stereocenters. The van der Waals surface area contributed by atoms with Gasteiger partial charge >= 0.3 is 5.97 Å². The molecule has 0 aromatic heterocycles. The highest BCUT2D eigenvalue weighted by Crippen LogP contribution is 2.27. The summed E-state index contributed by atoms with van der Waals surface area (Å²) in [5.41, 5.74) is 1.65. The number of nitrogens with one attached hydrogen (secondary N) is 1. The summed E-state index contributed by atoms with van der Waals surface area (Å²) in [6, 6.07) is 11.0. The fraction of sp³-hybridized carbons (Fsp3) is 0.286. The van der Waals surface area contributed by atoms with E-state index >= 15 is 0 Å². The van der Waals surface area contributed by atoms with Gasteiger partial charge in [0.05, 0.1) is 24.1 Å². The molecule has 2 aromatic carbocycles. The molecular formula is C21H20Cl2N2O4. The molecule has 1 N–H and O–H groups in total. The zero-order valence-corrected chi connectivity index (χ0v) is 17.3. The Morgan fingerprint density at radius 2 is 1.86 bits per heavy atom. The van der Waals surface area contributed by atoms with Crippen LogP contribution in [0.1, 0.15) is 28.8 Å². The number of ether oxygens (including phenoxy) is 1. The van der Waals surface area contributed by atoms with E-state index in [4.69, 9.17) is 23.2 Å². The molecule has 3 rings (SSSR count). The van der Waals surface area contributed by atoms with Gasteiger partial charge in [-0.1, -0.05) is 35.3 Å². The molecule has 1 atom stereocenters. The number of benzene rings is 2. The first-order valence-corrected chi connectivity index (χ1v) is 9.87. The van der Waals surface area contributed by atoms with Crippen LogP contribution in [0.15, 0.2) is 42.5 Å². The van der Waals surface area contributed by atoms with Gasteiger partial charge in [-0.25, -0.2) is 0 Å². The smallest absolute Gasteiger partial charge is 0.309 e. The van der Waals surface area contributed by atoms with Crippen molar-refractivity contribution in [1.82, 2.24) is 4.90 Å². The highest BCUT2D eigenvalue weighted by atomic mass is 35.5. The number of hydrogen-bond donors (Lipinski definition) is 1. The Bertz CT molecular complexity index is 931. The first-order chi connectivity index (χ1) is 13.9. The van der Waals surface area contributed by atoms with E-state index in [2.05, 4.69) is 10.1 Å². The predicted octanol–water partition coefficient (Wildman–Crippen LogP) is 3.95. The molecule has 0 saturated carbocycles. The van der Waals surface area contributed by atoms with E-state index in [9.17, 15) is 14.4 Å². The Kier molecular flexibility index (Phi) is 6.77. The van der Waals surface area contributed by atoms with Gasteiger partial charge in [0, 0.05) is 17.3 Å². The Hall–Kier alpha value is -2.57. The third-order valence-electron chi connectivity index (χ3n) is 4.77. The number of anilines is 1. The third-order valence-corrected chi connectivity index (χ3v) is 5.34. The first kappa shape index (κ1) is 21.1. The molecule has 1 heterocycles. The van der Waals surface area contributed by atoms with Crippen molar-refractivity contribution in [3.05, 3.63) is 63.6 Å². The number of carbonyl (C=O) groups is 3. The number of methoxy groups -OCH3 is 1. The summed E-state index contributed by atoms with van der Waals surface area (Å²) in [6.07, 6.45) is 1.45. The lowest BCUT2D eigenvalue weighted by Gasteiger charge is -2.24. The molecule has 6 nitrogen and oxygen atoms in total. The third kappa shape index (κ3) is 5.08. The van der Waals surface area contributed by atoms with Gasteiger partial charge in [-0.15, -0.1) is 0 Å². The summed E-state index contributed by atoms with van der Waals surface area (Å²) >= 11 is 12.1. The molecule has 8 heteroatoms. The molecule has 2 aromatic rings. The second-order valence-electron chi connectivity index (χ2n) is 6.72. The standard InChI is InChI=1S/C21H20Cl2N2O4/c1-29-19(26)11-13-4-7-15(8-5-13)24-20(27)18-3-2-10-25(18)21(28)16-12-14(22)6-9-17(16)23/h4-9,12,18H,2-3,10-11H2,1H3,(H,24,27)/t18-/m1/s1. The van der Waals surface area contributed by atoms with Crippen molar-refractivity contribution in [1.29, 1.82) is 0 Å². The molecule has 1 aliphatic heterocycles.